The summed E-state index contributed by atoms with van der Waals surface area (Å²) in [4.78, 5) is 12.2. The normalized spacial score (nSPS) is 11.0. The second-order valence-corrected chi connectivity index (χ2v) is 4.32. The lowest BCUT2D eigenvalue weighted by Crippen LogP contribution is -2.46. The third-order valence-corrected chi connectivity index (χ3v) is 2.81. The molecule has 2 amide bonds. The Morgan fingerprint density at radius 2 is 2.00 bits per heavy atom. The molecule has 1 rings (SSSR count). The molecule has 0 aromatic heterocycles. The number of ether oxygens (including phenoxy) is 1. The number of alkyl halides is 3. The fourth-order valence-corrected chi connectivity index (χ4v) is 1.95. The zero-order chi connectivity index (χ0) is 16.4. The van der Waals surface area contributed by atoms with Gasteiger partial charge in [0.25, 0.3) is 0 Å². The van der Waals surface area contributed by atoms with E-state index in [4.69, 9.17) is 34.3 Å². The summed E-state index contributed by atoms with van der Waals surface area (Å²) < 4.78 is 40.5. The van der Waals surface area contributed by atoms with Gasteiger partial charge < -0.3 is 15.8 Å². The van der Waals surface area contributed by atoms with E-state index in [1.54, 1.807) is 0 Å². The highest BCUT2D eigenvalue weighted by Gasteiger charge is 2.34. The van der Waals surface area contributed by atoms with Crippen LogP contribution in [0.3, 0.4) is 0 Å². The van der Waals surface area contributed by atoms with Gasteiger partial charge in [0.1, 0.15) is 10.8 Å². The van der Waals surface area contributed by atoms with E-state index < -0.39 is 34.8 Å². The highest BCUT2D eigenvalue weighted by atomic mass is 35.5. The molecule has 4 N–H and O–H groups in total. The Kier molecular flexibility index (Phi) is 5.13. The molecule has 0 fully saturated rings. The van der Waals surface area contributed by atoms with Crippen molar-refractivity contribution in [3.05, 3.63) is 22.2 Å². The smallest absolute Gasteiger partial charge is 0.404 e. The molecule has 11 heteroatoms. The van der Waals surface area contributed by atoms with Gasteiger partial charge in [0.05, 0.1) is 10.7 Å². The molecule has 1 aromatic carbocycles. The first-order valence-corrected chi connectivity index (χ1v) is 5.93. The maximum atomic E-state index is 12.3. The molecule has 0 spiro atoms. The van der Waals surface area contributed by atoms with E-state index in [1.807, 2.05) is 0 Å². The van der Waals surface area contributed by atoms with Crippen molar-refractivity contribution < 1.29 is 22.7 Å². The monoisotopic (exact) mass is 344 g/mol. The maximum Gasteiger partial charge on any atom is 0.573 e. The van der Waals surface area contributed by atoms with E-state index in [0.717, 1.165) is 12.1 Å². The summed E-state index contributed by atoms with van der Waals surface area (Å²) in [5, 5.41) is 8.68. The Hall–Kier alpha value is -1.87. The average Bonchev–Trinajstić information content (AvgIpc) is 2.35. The predicted octanol–water partition coefficient (Wildman–Crippen LogP) is 2.93. The number of rotatable bonds is 2. The Morgan fingerprint density at radius 3 is 2.43 bits per heavy atom. The van der Waals surface area contributed by atoms with Gasteiger partial charge >= 0.3 is 12.4 Å². The fourth-order valence-electron chi connectivity index (χ4n) is 1.37. The number of hydrogen-bond donors (Lipinski definition) is 3. The molecular weight excluding hydrogens is 336 g/mol. The quantitative estimate of drug-likeness (QED) is 0.569. The van der Waals surface area contributed by atoms with Crippen molar-refractivity contribution in [2.75, 3.05) is 11.9 Å². The highest BCUT2D eigenvalue weighted by Crippen LogP contribution is 2.42. The molecule has 0 atom stereocenters. The molecule has 21 heavy (non-hydrogen) atoms. The molecule has 0 aliphatic rings. The third-order valence-electron chi connectivity index (χ3n) is 2.14. The lowest BCUT2D eigenvalue weighted by molar-refractivity contribution is -0.274. The molecule has 0 radical (unpaired) electrons. The van der Waals surface area contributed by atoms with Crippen LogP contribution in [0.25, 0.3) is 0 Å². The van der Waals surface area contributed by atoms with Crippen molar-refractivity contribution in [3.63, 3.8) is 0 Å². The van der Waals surface area contributed by atoms with Gasteiger partial charge in [0.2, 0.25) is 5.96 Å². The van der Waals surface area contributed by atoms with Crippen LogP contribution in [0.4, 0.5) is 23.7 Å². The van der Waals surface area contributed by atoms with Crippen molar-refractivity contribution in [2.24, 2.45) is 5.73 Å². The molecule has 6 nitrogen and oxygen atoms in total. The second-order valence-electron chi connectivity index (χ2n) is 3.53. The van der Waals surface area contributed by atoms with Gasteiger partial charge in [-0.15, -0.1) is 13.2 Å². The van der Waals surface area contributed by atoms with E-state index in [-0.39, 0.29) is 5.02 Å². The minimum Gasteiger partial charge on any atom is -0.404 e. The summed E-state index contributed by atoms with van der Waals surface area (Å²) in [6.07, 6.45) is -4.98. The highest BCUT2D eigenvalue weighted by molar-refractivity contribution is 6.42. The lowest BCUT2D eigenvalue weighted by atomic mass is 10.2. The van der Waals surface area contributed by atoms with Crippen molar-refractivity contribution in [1.29, 1.82) is 5.41 Å². The second kappa shape index (κ2) is 6.27. The number of amides is 2. The fraction of sp³-hybridized carbons (Fsp3) is 0.200. The van der Waals surface area contributed by atoms with Crippen LogP contribution in [0.5, 0.6) is 5.75 Å². The van der Waals surface area contributed by atoms with Crippen LogP contribution in [0.15, 0.2) is 12.1 Å². The number of carbonyl (C=O) groups excluding carboxylic acids is 1. The number of halogens is 5. The molecule has 0 saturated heterocycles. The first-order valence-electron chi connectivity index (χ1n) is 5.18. The Morgan fingerprint density at radius 1 is 1.43 bits per heavy atom. The Labute approximate surface area is 127 Å². The van der Waals surface area contributed by atoms with Crippen molar-refractivity contribution in [1.82, 2.24) is 5.32 Å². The zero-order valence-electron chi connectivity index (χ0n) is 10.4. The Bertz CT molecular complexity index is 580. The molecular formula is C10H9Cl2F3N4O2. The number of guanidine groups is 1. The number of carbonyl (C=O) groups is 1. The van der Waals surface area contributed by atoms with Crippen LogP contribution in [-0.2, 0) is 0 Å². The van der Waals surface area contributed by atoms with Crippen molar-refractivity contribution >= 4 is 40.9 Å². The molecule has 1 aromatic rings. The summed E-state index contributed by atoms with van der Waals surface area (Å²) in [6.45, 7) is 0. The molecule has 0 saturated carbocycles. The van der Waals surface area contributed by atoms with Crippen LogP contribution < -0.4 is 20.7 Å². The molecule has 116 valence electrons. The minimum atomic E-state index is -4.98. The topological polar surface area (TPSA) is 91.4 Å². The summed E-state index contributed by atoms with van der Waals surface area (Å²) in [6, 6.07) is 1.00. The number of anilines is 1. The van der Waals surface area contributed by atoms with E-state index in [0.29, 0.717) is 4.90 Å². The lowest BCUT2D eigenvalue weighted by Gasteiger charge is -2.23. The van der Waals surface area contributed by atoms with Gasteiger partial charge in [0, 0.05) is 7.05 Å². The van der Waals surface area contributed by atoms with E-state index in [2.05, 4.69) is 10.1 Å². The molecule has 0 unspecified atom stereocenters. The zero-order valence-corrected chi connectivity index (χ0v) is 11.9. The van der Waals surface area contributed by atoms with E-state index >= 15 is 0 Å². The number of urea groups is 1. The van der Waals surface area contributed by atoms with Crippen LogP contribution in [-0.4, -0.2) is 25.4 Å². The minimum absolute atomic E-state index is 0.187. The summed E-state index contributed by atoms with van der Waals surface area (Å²) >= 11 is 11.6. The standard InChI is InChI=1S/C10H9Cl2F3N4O2/c1-18-9(20)19(8(16)17)7-4(11)2-3-5(6(7)12)21-10(13,14)15/h2-3H,1H3,(H3,16,17)(H,18,20). The summed E-state index contributed by atoms with van der Waals surface area (Å²) in [7, 11) is 1.23. The van der Waals surface area contributed by atoms with Gasteiger partial charge in [-0.3, -0.25) is 5.41 Å². The van der Waals surface area contributed by atoms with Gasteiger partial charge in [-0.25, -0.2) is 9.69 Å². The third kappa shape index (κ3) is 4.05. The number of benzene rings is 1. The molecule has 0 bridgehead atoms. The molecule has 0 heterocycles. The SMILES string of the molecule is CNC(=O)N(C(=N)N)c1c(Cl)ccc(OC(F)(F)F)c1Cl. The van der Waals surface area contributed by atoms with Gasteiger partial charge in [-0.05, 0) is 12.1 Å². The summed E-state index contributed by atoms with van der Waals surface area (Å²) in [5.41, 5.74) is 4.83. The molecule has 0 aliphatic carbocycles. The van der Waals surface area contributed by atoms with Crippen molar-refractivity contribution in [3.8, 4) is 5.75 Å². The number of nitrogens with zero attached hydrogens (tertiary/aromatic N) is 1. The average molecular weight is 345 g/mol. The number of nitrogens with two attached hydrogens (primary N) is 1. The van der Waals surface area contributed by atoms with Crippen LogP contribution in [0.2, 0.25) is 10.0 Å². The van der Waals surface area contributed by atoms with E-state index in [9.17, 15) is 18.0 Å². The first kappa shape index (κ1) is 17.2. The number of hydrogen-bond acceptors (Lipinski definition) is 3. The summed E-state index contributed by atoms with van der Waals surface area (Å²) in [5.74, 6) is -1.57. The molecule has 0 aliphatic heterocycles. The van der Waals surface area contributed by atoms with Crippen LogP contribution in [0, 0.1) is 5.41 Å². The van der Waals surface area contributed by atoms with Crippen molar-refractivity contribution in [2.45, 2.75) is 6.36 Å². The predicted molar refractivity (Wildman–Crippen MR) is 72.0 cm³/mol. The largest absolute Gasteiger partial charge is 0.573 e. The first-order chi connectivity index (χ1) is 9.58. The maximum absolute atomic E-state index is 12.3. The van der Waals surface area contributed by atoms with E-state index in [1.165, 1.54) is 7.05 Å². The van der Waals surface area contributed by atoms with Gasteiger partial charge in [-0.2, -0.15) is 0 Å². The van der Waals surface area contributed by atoms with Crippen LogP contribution in [0.1, 0.15) is 0 Å². The number of nitrogens with one attached hydrogen (secondary N) is 2. The Balaban J connectivity index is 3.43. The van der Waals surface area contributed by atoms with Gasteiger partial charge in [-0.1, -0.05) is 23.2 Å². The van der Waals surface area contributed by atoms with Crippen LogP contribution >= 0.6 is 23.2 Å². The van der Waals surface area contributed by atoms with Gasteiger partial charge in [0.15, 0.2) is 0 Å².